The van der Waals surface area contributed by atoms with Crippen molar-refractivity contribution in [1.82, 2.24) is 5.32 Å². The summed E-state index contributed by atoms with van der Waals surface area (Å²) in [5, 5.41) is 3.95. The van der Waals surface area contributed by atoms with E-state index in [1.165, 1.54) is 24.3 Å². The molecule has 1 N–H and O–H groups in total. The molecule has 0 fully saturated rings. The van der Waals surface area contributed by atoms with Gasteiger partial charge in [-0.05, 0) is 60.5 Å². The maximum atomic E-state index is 13.4. The number of carbonyl (C=O) groups is 1. The molecule has 5 nitrogen and oxygen atoms in total. The van der Waals surface area contributed by atoms with Gasteiger partial charge in [0, 0.05) is 28.1 Å². The molecule has 0 bridgehead atoms. The van der Waals surface area contributed by atoms with E-state index >= 15 is 0 Å². The van der Waals surface area contributed by atoms with Crippen LogP contribution in [-0.4, -0.2) is 33.2 Å². The Morgan fingerprint density at radius 3 is 2.18 bits per heavy atom. The number of hydrogen-bond acceptors (Lipinski definition) is 4. The lowest BCUT2D eigenvalue weighted by Gasteiger charge is -2.25. The zero-order valence-corrected chi connectivity index (χ0v) is 21.1. The van der Waals surface area contributed by atoms with E-state index in [9.17, 15) is 13.2 Å². The zero-order chi connectivity index (χ0) is 23.8. The van der Waals surface area contributed by atoms with E-state index in [1.807, 2.05) is 43.3 Å². The molecular formula is C24H24Cl2N2O3S2. The fourth-order valence-electron chi connectivity index (χ4n) is 3.10. The molecule has 0 atom stereocenters. The Labute approximate surface area is 209 Å². The number of carbonyl (C=O) groups excluding carboxylic acids is 1. The van der Waals surface area contributed by atoms with Gasteiger partial charge in [-0.2, -0.15) is 11.8 Å². The predicted octanol–water partition coefficient (Wildman–Crippen LogP) is 5.55. The van der Waals surface area contributed by atoms with Gasteiger partial charge in [-0.25, -0.2) is 8.42 Å². The first-order valence-corrected chi connectivity index (χ1v) is 13.6. The van der Waals surface area contributed by atoms with Crippen LogP contribution in [-0.2, 0) is 20.6 Å². The van der Waals surface area contributed by atoms with Crippen molar-refractivity contribution in [2.45, 2.75) is 17.6 Å². The molecule has 0 aliphatic rings. The van der Waals surface area contributed by atoms with Crippen molar-refractivity contribution in [1.29, 1.82) is 0 Å². The quantitative estimate of drug-likeness (QED) is 0.354. The van der Waals surface area contributed by atoms with Crippen LogP contribution in [0.2, 0.25) is 10.0 Å². The lowest BCUT2D eigenvalue weighted by atomic mass is 10.2. The van der Waals surface area contributed by atoms with E-state index in [1.54, 1.807) is 23.9 Å². The summed E-state index contributed by atoms with van der Waals surface area (Å²) in [6.45, 7) is 1.92. The summed E-state index contributed by atoms with van der Waals surface area (Å²) in [6, 6.07) is 20.6. The molecular weight excluding hydrogens is 499 g/mol. The Morgan fingerprint density at radius 2 is 1.55 bits per heavy atom. The van der Waals surface area contributed by atoms with Crippen molar-refractivity contribution < 1.29 is 13.2 Å². The Hall–Kier alpha value is -2.19. The van der Waals surface area contributed by atoms with Crippen LogP contribution in [0.4, 0.5) is 5.69 Å². The molecule has 3 aromatic carbocycles. The second-order valence-corrected chi connectivity index (χ2v) is 11.1. The molecule has 0 spiro atoms. The third kappa shape index (κ3) is 7.14. The molecule has 0 heterocycles. The highest BCUT2D eigenvalue weighted by Gasteiger charge is 2.28. The third-order valence-electron chi connectivity index (χ3n) is 4.82. The predicted molar refractivity (Wildman–Crippen MR) is 138 cm³/mol. The molecule has 174 valence electrons. The van der Waals surface area contributed by atoms with Gasteiger partial charge in [0.2, 0.25) is 5.91 Å². The highest BCUT2D eigenvalue weighted by Crippen LogP contribution is 2.27. The van der Waals surface area contributed by atoms with Gasteiger partial charge in [-0.15, -0.1) is 0 Å². The SMILES string of the molecule is Cc1ccccc1N(CC(=O)NCCSCc1ccc(Cl)cc1)S(=O)(=O)c1ccc(Cl)cc1. The molecule has 0 aromatic heterocycles. The first kappa shape index (κ1) is 25.4. The minimum atomic E-state index is -3.97. The van der Waals surface area contributed by atoms with Crippen molar-refractivity contribution >= 4 is 56.6 Å². The third-order valence-corrected chi connectivity index (χ3v) is 8.13. The van der Waals surface area contributed by atoms with E-state index in [-0.39, 0.29) is 17.3 Å². The minimum Gasteiger partial charge on any atom is -0.354 e. The van der Waals surface area contributed by atoms with Crippen molar-refractivity contribution in [3.05, 3.63) is 94.0 Å². The Kier molecular flexibility index (Phi) is 9.09. The first-order chi connectivity index (χ1) is 15.8. The molecule has 33 heavy (non-hydrogen) atoms. The summed E-state index contributed by atoms with van der Waals surface area (Å²) in [6.07, 6.45) is 0. The summed E-state index contributed by atoms with van der Waals surface area (Å²) in [5.74, 6) is 1.12. The van der Waals surface area contributed by atoms with E-state index in [2.05, 4.69) is 5.32 Å². The van der Waals surface area contributed by atoms with Gasteiger partial charge in [0.15, 0.2) is 0 Å². The standard InChI is InChI=1S/C24H24Cl2N2O3S2/c1-18-4-2-3-5-23(18)28(33(30,31)22-12-10-21(26)11-13-22)16-24(29)27-14-15-32-17-19-6-8-20(25)9-7-19/h2-13H,14-17H2,1H3,(H,27,29). The van der Waals surface area contributed by atoms with Gasteiger partial charge < -0.3 is 5.32 Å². The molecule has 0 aliphatic heterocycles. The van der Waals surface area contributed by atoms with Gasteiger partial charge in [-0.1, -0.05) is 53.5 Å². The van der Waals surface area contributed by atoms with Crippen LogP contribution in [0.25, 0.3) is 0 Å². The topological polar surface area (TPSA) is 66.5 Å². The zero-order valence-electron chi connectivity index (χ0n) is 18.0. The summed E-state index contributed by atoms with van der Waals surface area (Å²) < 4.78 is 27.9. The van der Waals surface area contributed by atoms with Gasteiger partial charge in [-0.3, -0.25) is 9.10 Å². The highest BCUT2D eigenvalue weighted by atomic mass is 35.5. The number of hydrogen-bond donors (Lipinski definition) is 1. The maximum Gasteiger partial charge on any atom is 0.264 e. The van der Waals surface area contributed by atoms with Crippen LogP contribution < -0.4 is 9.62 Å². The van der Waals surface area contributed by atoms with Gasteiger partial charge in [0.1, 0.15) is 6.54 Å². The number of halogens is 2. The molecule has 3 aromatic rings. The van der Waals surface area contributed by atoms with Crippen LogP contribution in [0.3, 0.4) is 0 Å². The average Bonchev–Trinajstić information content (AvgIpc) is 2.79. The number of nitrogens with zero attached hydrogens (tertiary/aromatic N) is 1. The molecule has 9 heteroatoms. The number of benzene rings is 3. The Balaban J connectivity index is 1.65. The second kappa shape index (κ2) is 11.8. The van der Waals surface area contributed by atoms with Crippen LogP contribution in [0.15, 0.2) is 77.7 Å². The van der Waals surface area contributed by atoms with Crippen molar-refractivity contribution in [2.24, 2.45) is 0 Å². The van der Waals surface area contributed by atoms with E-state index < -0.39 is 10.0 Å². The molecule has 0 radical (unpaired) electrons. The largest absolute Gasteiger partial charge is 0.354 e. The number of sulfonamides is 1. The van der Waals surface area contributed by atoms with Crippen molar-refractivity contribution in [3.8, 4) is 0 Å². The maximum absolute atomic E-state index is 13.4. The van der Waals surface area contributed by atoms with E-state index in [0.717, 1.165) is 21.2 Å². The van der Waals surface area contributed by atoms with Gasteiger partial charge in [0.25, 0.3) is 10.0 Å². The molecule has 0 unspecified atom stereocenters. The number of rotatable bonds is 10. The summed E-state index contributed by atoms with van der Waals surface area (Å²) in [4.78, 5) is 12.7. The molecule has 0 aliphatic carbocycles. The van der Waals surface area contributed by atoms with Gasteiger partial charge in [0.05, 0.1) is 10.6 Å². The van der Waals surface area contributed by atoms with Crippen LogP contribution in [0.1, 0.15) is 11.1 Å². The molecule has 0 saturated carbocycles. The number of aryl methyl sites for hydroxylation is 1. The monoisotopic (exact) mass is 522 g/mol. The molecule has 0 saturated heterocycles. The fraction of sp³-hybridized carbons (Fsp3) is 0.208. The smallest absolute Gasteiger partial charge is 0.264 e. The normalized spacial score (nSPS) is 11.2. The van der Waals surface area contributed by atoms with Crippen molar-refractivity contribution in [2.75, 3.05) is 23.1 Å². The second-order valence-electron chi connectivity index (χ2n) is 7.28. The van der Waals surface area contributed by atoms with Crippen LogP contribution >= 0.6 is 35.0 Å². The Morgan fingerprint density at radius 1 is 0.939 bits per heavy atom. The van der Waals surface area contributed by atoms with Crippen LogP contribution in [0.5, 0.6) is 0 Å². The number of anilines is 1. The van der Waals surface area contributed by atoms with Gasteiger partial charge >= 0.3 is 0 Å². The Bertz CT molecular complexity index is 1190. The number of nitrogens with one attached hydrogen (secondary N) is 1. The lowest BCUT2D eigenvalue weighted by Crippen LogP contribution is -2.41. The highest BCUT2D eigenvalue weighted by molar-refractivity contribution is 7.98. The number of amides is 1. The molecule has 3 rings (SSSR count). The number of para-hydroxylation sites is 1. The van der Waals surface area contributed by atoms with Crippen LogP contribution in [0, 0.1) is 6.92 Å². The summed E-state index contributed by atoms with van der Waals surface area (Å²) in [5.41, 5.74) is 2.36. The van der Waals surface area contributed by atoms with Crippen molar-refractivity contribution in [3.63, 3.8) is 0 Å². The average molecular weight is 524 g/mol. The molecule has 1 amide bonds. The van der Waals surface area contributed by atoms with E-state index in [4.69, 9.17) is 23.2 Å². The number of thioether (sulfide) groups is 1. The van der Waals surface area contributed by atoms with E-state index in [0.29, 0.717) is 28.0 Å². The summed E-state index contributed by atoms with van der Waals surface area (Å²) >= 11 is 13.5. The fourth-order valence-corrected chi connectivity index (χ4v) is 5.65. The summed E-state index contributed by atoms with van der Waals surface area (Å²) in [7, 11) is -3.97. The lowest BCUT2D eigenvalue weighted by molar-refractivity contribution is -0.119. The minimum absolute atomic E-state index is 0.0708. The first-order valence-electron chi connectivity index (χ1n) is 10.2.